The standard InChI is InChI=1S/C16H20O2/c1-2-13-18-16(14-9-5-3-6-10-14)12-8-4-7-11-15(16)17/h2-6,8-10,15,17H,1,7,11-13H2. The van der Waals surface area contributed by atoms with E-state index in [1.54, 1.807) is 6.08 Å². The predicted molar refractivity (Wildman–Crippen MR) is 73.3 cm³/mol. The smallest absolute Gasteiger partial charge is 0.123 e. The largest absolute Gasteiger partial charge is 0.390 e. The van der Waals surface area contributed by atoms with Crippen LogP contribution >= 0.6 is 0 Å². The van der Waals surface area contributed by atoms with Crippen molar-refractivity contribution in [2.24, 2.45) is 0 Å². The van der Waals surface area contributed by atoms with Gasteiger partial charge in [0.2, 0.25) is 0 Å². The molecule has 0 spiro atoms. The van der Waals surface area contributed by atoms with Gasteiger partial charge in [-0.25, -0.2) is 0 Å². The van der Waals surface area contributed by atoms with Crippen LogP contribution in [0.3, 0.4) is 0 Å². The highest BCUT2D eigenvalue weighted by molar-refractivity contribution is 5.26. The van der Waals surface area contributed by atoms with Crippen molar-refractivity contribution in [3.8, 4) is 0 Å². The molecule has 0 bridgehead atoms. The molecular formula is C16H20O2. The maximum absolute atomic E-state index is 10.5. The maximum atomic E-state index is 10.5. The van der Waals surface area contributed by atoms with Gasteiger partial charge >= 0.3 is 0 Å². The molecule has 18 heavy (non-hydrogen) atoms. The molecule has 96 valence electrons. The van der Waals surface area contributed by atoms with Crippen LogP contribution in [0.4, 0.5) is 0 Å². The third kappa shape index (κ3) is 2.55. The molecule has 1 N–H and O–H groups in total. The summed E-state index contributed by atoms with van der Waals surface area (Å²) < 4.78 is 5.98. The predicted octanol–water partition coefficient (Wildman–Crippen LogP) is 3.19. The first-order chi connectivity index (χ1) is 8.79. The molecule has 0 aliphatic heterocycles. The van der Waals surface area contributed by atoms with Crippen LogP contribution in [-0.2, 0) is 10.3 Å². The molecule has 2 nitrogen and oxygen atoms in total. The van der Waals surface area contributed by atoms with Gasteiger partial charge in [-0.2, -0.15) is 0 Å². The van der Waals surface area contributed by atoms with E-state index < -0.39 is 11.7 Å². The Morgan fingerprint density at radius 2 is 2.11 bits per heavy atom. The highest BCUT2D eigenvalue weighted by Crippen LogP contribution is 2.37. The highest BCUT2D eigenvalue weighted by Gasteiger charge is 2.40. The minimum absolute atomic E-state index is 0.444. The van der Waals surface area contributed by atoms with Gasteiger partial charge in [0.25, 0.3) is 0 Å². The Kier molecular flexibility index (Phi) is 4.34. The SMILES string of the molecule is C=CCOC1(c2ccccc2)CC=CCCC1O. The fraction of sp³-hybridized carbons (Fsp3) is 0.375. The van der Waals surface area contributed by atoms with Gasteiger partial charge in [-0.1, -0.05) is 48.6 Å². The summed E-state index contributed by atoms with van der Waals surface area (Å²) >= 11 is 0. The van der Waals surface area contributed by atoms with Crippen molar-refractivity contribution >= 4 is 0 Å². The van der Waals surface area contributed by atoms with Crippen LogP contribution in [0, 0.1) is 0 Å². The van der Waals surface area contributed by atoms with Crippen LogP contribution in [0.5, 0.6) is 0 Å². The Hall–Kier alpha value is -1.38. The van der Waals surface area contributed by atoms with Crippen molar-refractivity contribution in [3.63, 3.8) is 0 Å². The molecule has 2 atom stereocenters. The van der Waals surface area contributed by atoms with Crippen molar-refractivity contribution < 1.29 is 9.84 Å². The lowest BCUT2D eigenvalue weighted by Crippen LogP contribution is -2.41. The molecule has 0 radical (unpaired) electrons. The number of aliphatic hydroxyl groups excluding tert-OH is 1. The van der Waals surface area contributed by atoms with Crippen molar-refractivity contribution in [2.75, 3.05) is 6.61 Å². The van der Waals surface area contributed by atoms with Crippen molar-refractivity contribution in [3.05, 3.63) is 60.7 Å². The van der Waals surface area contributed by atoms with Gasteiger partial charge in [-0.3, -0.25) is 0 Å². The van der Waals surface area contributed by atoms with E-state index >= 15 is 0 Å². The summed E-state index contributed by atoms with van der Waals surface area (Å²) in [6.45, 7) is 4.14. The molecule has 2 heteroatoms. The average Bonchev–Trinajstić information content (AvgIpc) is 2.60. The molecule has 1 aliphatic rings. The first-order valence-electron chi connectivity index (χ1n) is 6.43. The van der Waals surface area contributed by atoms with E-state index in [9.17, 15) is 5.11 Å². The first kappa shape index (κ1) is 13.1. The second kappa shape index (κ2) is 5.98. The van der Waals surface area contributed by atoms with Gasteiger partial charge in [0, 0.05) is 6.42 Å². The van der Waals surface area contributed by atoms with Gasteiger partial charge in [-0.05, 0) is 18.4 Å². The molecule has 0 saturated carbocycles. The van der Waals surface area contributed by atoms with E-state index in [4.69, 9.17) is 4.74 Å². The van der Waals surface area contributed by atoms with E-state index in [2.05, 4.69) is 18.7 Å². The molecule has 1 aromatic rings. The zero-order chi connectivity index (χ0) is 12.8. The molecule has 1 aliphatic carbocycles. The summed E-state index contributed by atoms with van der Waals surface area (Å²) in [6.07, 6.45) is 7.78. The lowest BCUT2D eigenvalue weighted by atomic mass is 9.84. The number of hydrogen-bond acceptors (Lipinski definition) is 2. The summed E-state index contributed by atoms with van der Waals surface area (Å²) in [4.78, 5) is 0. The molecule has 0 heterocycles. The van der Waals surface area contributed by atoms with Gasteiger partial charge in [0.1, 0.15) is 5.60 Å². The summed E-state index contributed by atoms with van der Waals surface area (Å²) in [7, 11) is 0. The molecule has 0 fully saturated rings. The zero-order valence-electron chi connectivity index (χ0n) is 10.6. The monoisotopic (exact) mass is 244 g/mol. The summed E-state index contributed by atoms with van der Waals surface area (Å²) in [5.74, 6) is 0. The maximum Gasteiger partial charge on any atom is 0.123 e. The van der Waals surface area contributed by atoms with Crippen molar-refractivity contribution in [1.29, 1.82) is 0 Å². The Labute approximate surface area is 109 Å². The zero-order valence-corrected chi connectivity index (χ0v) is 10.6. The van der Waals surface area contributed by atoms with Crippen LogP contribution in [0.15, 0.2) is 55.1 Å². The minimum atomic E-state index is -0.636. The summed E-state index contributed by atoms with van der Waals surface area (Å²) in [5.41, 5.74) is 0.397. The lowest BCUT2D eigenvalue weighted by Gasteiger charge is -2.37. The van der Waals surface area contributed by atoms with Crippen LogP contribution in [0.1, 0.15) is 24.8 Å². The second-order valence-corrected chi connectivity index (χ2v) is 4.62. The van der Waals surface area contributed by atoms with E-state index in [1.165, 1.54) is 0 Å². The highest BCUT2D eigenvalue weighted by atomic mass is 16.5. The number of ether oxygens (including phenoxy) is 1. The number of allylic oxidation sites excluding steroid dienone is 1. The van der Waals surface area contributed by atoms with E-state index in [0.29, 0.717) is 13.0 Å². The van der Waals surface area contributed by atoms with Crippen molar-refractivity contribution in [1.82, 2.24) is 0 Å². The average molecular weight is 244 g/mol. The third-order valence-electron chi connectivity index (χ3n) is 3.45. The Bertz CT molecular complexity index is 410. The van der Waals surface area contributed by atoms with Gasteiger partial charge < -0.3 is 9.84 Å². The molecule has 1 aromatic carbocycles. The number of hydrogen-bond donors (Lipinski definition) is 1. The Balaban J connectivity index is 2.38. The molecule has 2 unspecified atom stereocenters. The van der Waals surface area contributed by atoms with Gasteiger partial charge in [-0.15, -0.1) is 6.58 Å². The Morgan fingerprint density at radius 1 is 1.33 bits per heavy atom. The Morgan fingerprint density at radius 3 is 2.83 bits per heavy atom. The second-order valence-electron chi connectivity index (χ2n) is 4.62. The lowest BCUT2D eigenvalue weighted by molar-refractivity contribution is -0.120. The topological polar surface area (TPSA) is 29.5 Å². The number of benzene rings is 1. The minimum Gasteiger partial charge on any atom is -0.390 e. The summed E-state index contributed by atoms with van der Waals surface area (Å²) in [5, 5.41) is 10.5. The molecule has 0 saturated heterocycles. The molecular weight excluding hydrogens is 224 g/mol. The van der Waals surface area contributed by atoms with E-state index in [1.807, 2.05) is 30.3 Å². The molecule has 0 aromatic heterocycles. The normalized spacial score (nSPS) is 27.7. The third-order valence-corrected chi connectivity index (χ3v) is 3.45. The first-order valence-corrected chi connectivity index (χ1v) is 6.43. The quantitative estimate of drug-likeness (QED) is 0.824. The van der Waals surface area contributed by atoms with E-state index in [-0.39, 0.29) is 0 Å². The number of rotatable bonds is 4. The van der Waals surface area contributed by atoms with Gasteiger partial charge in [0.15, 0.2) is 0 Å². The fourth-order valence-electron chi connectivity index (χ4n) is 2.48. The fourth-order valence-corrected chi connectivity index (χ4v) is 2.48. The van der Waals surface area contributed by atoms with Crippen LogP contribution < -0.4 is 0 Å². The summed E-state index contributed by atoms with van der Waals surface area (Å²) in [6, 6.07) is 9.98. The van der Waals surface area contributed by atoms with Crippen LogP contribution in [-0.4, -0.2) is 17.8 Å². The van der Waals surface area contributed by atoms with Gasteiger partial charge in [0.05, 0.1) is 12.7 Å². The molecule has 0 amide bonds. The van der Waals surface area contributed by atoms with Crippen LogP contribution in [0.25, 0.3) is 0 Å². The molecule has 2 rings (SSSR count). The van der Waals surface area contributed by atoms with Crippen LogP contribution in [0.2, 0.25) is 0 Å². The van der Waals surface area contributed by atoms with E-state index in [0.717, 1.165) is 18.4 Å². The number of aliphatic hydroxyl groups is 1. The van der Waals surface area contributed by atoms with Crippen molar-refractivity contribution in [2.45, 2.75) is 31.0 Å².